The lowest BCUT2D eigenvalue weighted by molar-refractivity contribution is 0.0773. The van der Waals surface area contributed by atoms with Crippen molar-refractivity contribution in [2.24, 2.45) is 0 Å². The number of aryl methyl sites for hydroxylation is 1. The number of amides is 1. The highest BCUT2D eigenvalue weighted by atomic mass is 35.5. The Hall–Kier alpha value is -1.09. The molecule has 0 atom stereocenters. The Morgan fingerprint density at radius 2 is 2.19 bits per heavy atom. The fourth-order valence-electron chi connectivity index (χ4n) is 1.41. The Bertz CT molecular complexity index is 381. The van der Waals surface area contributed by atoms with E-state index in [1.165, 1.54) is 6.07 Å². The van der Waals surface area contributed by atoms with Crippen LogP contribution in [0.15, 0.2) is 18.2 Å². The van der Waals surface area contributed by atoms with Crippen LogP contribution in [0.4, 0.5) is 4.39 Å². The first kappa shape index (κ1) is 13.0. The number of halogens is 2. The van der Waals surface area contributed by atoms with Gasteiger partial charge in [-0.1, -0.05) is 6.07 Å². The van der Waals surface area contributed by atoms with E-state index in [0.29, 0.717) is 30.1 Å². The molecule has 0 unspecified atom stereocenters. The predicted molar refractivity (Wildman–Crippen MR) is 63.4 cm³/mol. The monoisotopic (exact) mass is 243 g/mol. The first-order valence-corrected chi connectivity index (χ1v) is 5.75. The first-order chi connectivity index (χ1) is 7.60. The van der Waals surface area contributed by atoms with Crippen molar-refractivity contribution in [3.05, 3.63) is 35.1 Å². The number of benzene rings is 1. The van der Waals surface area contributed by atoms with Gasteiger partial charge >= 0.3 is 0 Å². The summed E-state index contributed by atoms with van der Waals surface area (Å²) in [7, 11) is 0. The van der Waals surface area contributed by atoms with Crippen LogP contribution in [-0.4, -0.2) is 29.8 Å². The number of carbonyl (C=O) groups is 1. The lowest BCUT2D eigenvalue weighted by Crippen LogP contribution is -2.32. The highest BCUT2D eigenvalue weighted by Crippen LogP contribution is 2.11. The normalized spacial score (nSPS) is 10.2. The fraction of sp³-hybridized carbons (Fsp3) is 0.417. The average Bonchev–Trinajstić information content (AvgIpc) is 2.28. The Kier molecular flexibility index (Phi) is 4.74. The van der Waals surface area contributed by atoms with Crippen LogP contribution in [0.2, 0.25) is 0 Å². The molecule has 1 amide bonds. The molecule has 1 aromatic carbocycles. The minimum atomic E-state index is -0.354. The number of hydrogen-bond donors (Lipinski definition) is 0. The molecule has 0 radical (unpaired) electrons. The smallest absolute Gasteiger partial charge is 0.253 e. The number of hydrogen-bond acceptors (Lipinski definition) is 1. The Morgan fingerprint density at radius 1 is 1.50 bits per heavy atom. The summed E-state index contributed by atoms with van der Waals surface area (Å²) in [6, 6.07) is 4.52. The quantitative estimate of drug-likeness (QED) is 0.745. The molecule has 0 heterocycles. The van der Waals surface area contributed by atoms with E-state index >= 15 is 0 Å². The van der Waals surface area contributed by atoms with Crippen LogP contribution >= 0.6 is 11.6 Å². The maximum absolute atomic E-state index is 13.3. The summed E-state index contributed by atoms with van der Waals surface area (Å²) in [5.74, 6) is -0.150. The molecule has 0 aromatic heterocycles. The van der Waals surface area contributed by atoms with Crippen molar-refractivity contribution in [2.75, 3.05) is 19.0 Å². The average molecular weight is 244 g/mol. The summed E-state index contributed by atoms with van der Waals surface area (Å²) in [5, 5.41) is 0. The Balaban J connectivity index is 2.90. The van der Waals surface area contributed by atoms with Gasteiger partial charge in [-0.2, -0.15) is 0 Å². The second kappa shape index (κ2) is 5.85. The van der Waals surface area contributed by atoms with Gasteiger partial charge in [-0.05, 0) is 31.5 Å². The predicted octanol–water partition coefficient (Wildman–Crippen LogP) is 2.84. The molecule has 16 heavy (non-hydrogen) atoms. The van der Waals surface area contributed by atoms with Crippen LogP contribution in [0.3, 0.4) is 0 Å². The fourth-order valence-corrected chi connectivity index (χ4v) is 1.62. The van der Waals surface area contributed by atoms with Crippen molar-refractivity contribution >= 4 is 17.5 Å². The van der Waals surface area contributed by atoms with E-state index in [-0.39, 0.29) is 11.7 Å². The Morgan fingerprint density at radius 3 is 2.69 bits per heavy atom. The molecule has 4 heteroatoms. The summed E-state index contributed by atoms with van der Waals surface area (Å²) >= 11 is 5.60. The van der Waals surface area contributed by atoms with Crippen molar-refractivity contribution in [1.29, 1.82) is 0 Å². The second-order valence-electron chi connectivity index (χ2n) is 3.54. The number of carbonyl (C=O) groups excluding carboxylic acids is 1. The van der Waals surface area contributed by atoms with Gasteiger partial charge in [-0.25, -0.2) is 4.39 Å². The molecule has 0 N–H and O–H groups in total. The van der Waals surface area contributed by atoms with Gasteiger partial charge in [0.05, 0.1) is 0 Å². The molecule has 1 rings (SSSR count). The number of nitrogens with zero attached hydrogens (tertiary/aromatic N) is 1. The lowest BCUT2D eigenvalue weighted by Gasteiger charge is -2.19. The summed E-state index contributed by atoms with van der Waals surface area (Å²) in [6.07, 6.45) is 0. The molecule has 0 aliphatic heterocycles. The minimum absolute atomic E-state index is 0.179. The maximum Gasteiger partial charge on any atom is 0.253 e. The summed E-state index contributed by atoms with van der Waals surface area (Å²) < 4.78 is 13.3. The van der Waals surface area contributed by atoms with E-state index in [0.717, 1.165) is 0 Å². The van der Waals surface area contributed by atoms with Gasteiger partial charge in [0, 0.05) is 24.5 Å². The van der Waals surface area contributed by atoms with Crippen LogP contribution < -0.4 is 0 Å². The van der Waals surface area contributed by atoms with Gasteiger partial charge in [0.25, 0.3) is 5.91 Å². The van der Waals surface area contributed by atoms with Crippen LogP contribution in [-0.2, 0) is 0 Å². The molecule has 0 bridgehead atoms. The van der Waals surface area contributed by atoms with E-state index in [4.69, 9.17) is 11.6 Å². The van der Waals surface area contributed by atoms with Crippen molar-refractivity contribution in [3.8, 4) is 0 Å². The van der Waals surface area contributed by atoms with Crippen molar-refractivity contribution in [3.63, 3.8) is 0 Å². The molecule has 1 aromatic rings. The maximum atomic E-state index is 13.3. The Labute approximate surface area is 100 Å². The molecule has 0 spiro atoms. The largest absolute Gasteiger partial charge is 0.338 e. The molecule has 0 saturated carbocycles. The second-order valence-corrected chi connectivity index (χ2v) is 3.92. The van der Waals surface area contributed by atoms with Gasteiger partial charge in [0.1, 0.15) is 5.82 Å². The topological polar surface area (TPSA) is 20.3 Å². The van der Waals surface area contributed by atoms with Gasteiger partial charge in [0.15, 0.2) is 0 Å². The van der Waals surface area contributed by atoms with Crippen LogP contribution in [0.25, 0.3) is 0 Å². The molecule has 0 aliphatic carbocycles. The highest BCUT2D eigenvalue weighted by Gasteiger charge is 2.14. The van der Waals surface area contributed by atoms with Crippen LogP contribution in [0.1, 0.15) is 22.8 Å². The van der Waals surface area contributed by atoms with E-state index in [2.05, 4.69) is 0 Å². The number of rotatable bonds is 4. The van der Waals surface area contributed by atoms with Gasteiger partial charge in [-0.3, -0.25) is 4.79 Å². The van der Waals surface area contributed by atoms with Gasteiger partial charge < -0.3 is 4.90 Å². The zero-order valence-electron chi connectivity index (χ0n) is 9.46. The third-order valence-corrected chi connectivity index (χ3v) is 2.61. The van der Waals surface area contributed by atoms with E-state index in [9.17, 15) is 9.18 Å². The molecular weight excluding hydrogens is 229 g/mol. The number of alkyl halides is 1. The van der Waals surface area contributed by atoms with Crippen molar-refractivity contribution in [2.45, 2.75) is 13.8 Å². The summed E-state index contributed by atoms with van der Waals surface area (Å²) in [5.41, 5.74) is 0.909. The van der Waals surface area contributed by atoms with Gasteiger partial charge in [-0.15, -0.1) is 11.6 Å². The third kappa shape index (κ3) is 2.95. The van der Waals surface area contributed by atoms with Crippen LogP contribution in [0.5, 0.6) is 0 Å². The van der Waals surface area contributed by atoms with E-state index < -0.39 is 0 Å². The first-order valence-electron chi connectivity index (χ1n) is 5.21. The van der Waals surface area contributed by atoms with Crippen LogP contribution in [0, 0.1) is 12.7 Å². The molecule has 0 aliphatic rings. The van der Waals surface area contributed by atoms with Crippen molar-refractivity contribution < 1.29 is 9.18 Å². The van der Waals surface area contributed by atoms with Gasteiger partial charge in [0.2, 0.25) is 0 Å². The molecule has 88 valence electrons. The summed E-state index contributed by atoms with van der Waals surface area (Å²) in [4.78, 5) is 13.5. The molecule has 2 nitrogen and oxygen atoms in total. The molecule has 0 saturated heterocycles. The van der Waals surface area contributed by atoms with Crippen molar-refractivity contribution in [1.82, 2.24) is 4.90 Å². The minimum Gasteiger partial charge on any atom is -0.338 e. The zero-order chi connectivity index (χ0) is 12.1. The standard InChI is InChI=1S/C12H15ClFNO/c1-3-15(7-6-13)12(16)10-5-4-9(2)11(14)8-10/h4-5,8H,3,6-7H2,1-2H3. The zero-order valence-corrected chi connectivity index (χ0v) is 10.2. The highest BCUT2D eigenvalue weighted by molar-refractivity contribution is 6.18. The molecule has 0 fully saturated rings. The lowest BCUT2D eigenvalue weighted by atomic mass is 10.1. The van der Waals surface area contributed by atoms with E-state index in [1.807, 2.05) is 6.92 Å². The SMILES string of the molecule is CCN(CCCl)C(=O)c1ccc(C)c(F)c1. The third-order valence-electron chi connectivity index (χ3n) is 2.44. The summed E-state index contributed by atoms with van der Waals surface area (Å²) in [6.45, 7) is 4.59. The molecular formula is C12H15ClFNO. The van der Waals surface area contributed by atoms with E-state index in [1.54, 1.807) is 24.0 Å².